The van der Waals surface area contributed by atoms with Gasteiger partial charge in [0.1, 0.15) is 23.9 Å². The molecule has 1 aliphatic heterocycles. The lowest BCUT2D eigenvalue weighted by Gasteiger charge is -2.23. The number of hydrogen-bond donors (Lipinski definition) is 0. The topological polar surface area (TPSA) is 76.4 Å². The molecule has 8 heteroatoms. The molecule has 2 heterocycles. The molecule has 1 unspecified atom stereocenters. The second-order valence-corrected chi connectivity index (χ2v) is 13.8. The fraction of sp³-hybridized carbons (Fsp3) is 0.750. The minimum absolute atomic E-state index is 0.0612. The lowest BCUT2D eigenvalue weighted by Crippen LogP contribution is -2.23. The highest BCUT2D eigenvalue weighted by Gasteiger charge is 2.21. The molecule has 1 atom stereocenters. The predicted octanol–water partition coefficient (Wildman–Crippen LogP) is 3.83. The number of methoxy groups -OCH3 is 1. The lowest BCUT2D eigenvalue weighted by atomic mass is 10.1. The Morgan fingerprint density at radius 3 is 2.54 bits per heavy atom. The maximum atomic E-state index is 12.3. The van der Waals surface area contributed by atoms with Gasteiger partial charge in [0, 0.05) is 21.3 Å². The van der Waals surface area contributed by atoms with E-state index in [2.05, 4.69) is 19.6 Å². The third kappa shape index (κ3) is 7.33. The van der Waals surface area contributed by atoms with Crippen molar-refractivity contribution in [1.29, 1.82) is 0 Å². The third-order valence-corrected chi connectivity index (χ3v) is 6.33. The largest absolute Gasteiger partial charge is 0.496 e. The number of hydrogen-bond acceptors (Lipinski definition) is 7. The van der Waals surface area contributed by atoms with E-state index in [9.17, 15) is 4.79 Å². The molecule has 2 rings (SSSR count). The quantitative estimate of drug-likeness (QED) is 0.309. The Bertz CT molecular complexity index is 660. The van der Waals surface area contributed by atoms with E-state index in [0.717, 1.165) is 25.3 Å². The average Bonchev–Trinajstić information content (AvgIpc) is 2.64. The standard InChI is InChI=1S/C20H34O7Si/c1-15-16(13-26-18-8-6-7-9-25-18)19(22-2)17(20(21)27-15)12-24-14-23-10-11-28(3,4)5/h18H,6-14H2,1-5H3. The Morgan fingerprint density at radius 1 is 1.11 bits per heavy atom. The van der Waals surface area contributed by atoms with Crippen molar-refractivity contribution < 1.29 is 28.1 Å². The monoisotopic (exact) mass is 414 g/mol. The summed E-state index contributed by atoms with van der Waals surface area (Å²) in [6, 6.07) is 1.07. The minimum Gasteiger partial charge on any atom is -0.496 e. The Morgan fingerprint density at radius 2 is 1.89 bits per heavy atom. The highest BCUT2D eigenvalue weighted by Crippen LogP contribution is 2.27. The first-order valence-electron chi connectivity index (χ1n) is 9.90. The fourth-order valence-corrected chi connectivity index (χ4v) is 3.65. The van der Waals surface area contributed by atoms with E-state index in [1.807, 2.05) is 0 Å². The smallest absolute Gasteiger partial charge is 0.345 e. The molecule has 7 nitrogen and oxygen atoms in total. The minimum atomic E-state index is -1.13. The zero-order valence-corrected chi connectivity index (χ0v) is 18.8. The summed E-state index contributed by atoms with van der Waals surface area (Å²) in [5.74, 6) is 0.930. The van der Waals surface area contributed by atoms with Crippen LogP contribution in [-0.4, -0.2) is 41.5 Å². The molecular formula is C20H34O7Si. The van der Waals surface area contributed by atoms with Gasteiger partial charge in [0.2, 0.25) is 0 Å². The molecule has 1 fully saturated rings. The van der Waals surface area contributed by atoms with Crippen molar-refractivity contribution in [3.05, 3.63) is 27.3 Å². The van der Waals surface area contributed by atoms with Crippen LogP contribution in [0.25, 0.3) is 0 Å². The first-order chi connectivity index (χ1) is 13.3. The molecule has 0 spiro atoms. The third-order valence-electron chi connectivity index (χ3n) is 4.63. The predicted molar refractivity (Wildman–Crippen MR) is 108 cm³/mol. The number of rotatable bonds is 11. The summed E-state index contributed by atoms with van der Waals surface area (Å²) in [4.78, 5) is 12.3. The molecule has 1 aromatic heterocycles. The molecule has 1 aliphatic rings. The van der Waals surface area contributed by atoms with E-state index in [1.165, 1.54) is 7.11 Å². The second kappa shape index (κ2) is 11.1. The molecule has 0 bridgehead atoms. The van der Waals surface area contributed by atoms with E-state index < -0.39 is 13.7 Å². The maximum Gasteiger partial charge on any atom is 0.345 e. The Balaban J connectivity index is 1.96. The van der Waals surface area contributed by atoms with Gasteiger partial charge in [-0.2, -0.15) is 0 Å². The molecular weight excluding hydrogens is 380 g/mol. The molecule has 160 valence electrons. The summed E-state index contributed by atoms with van der Waals surface area (Å²) < 4.78 is 33.4. The van der Waals surface area contributed by atoms with Crippen LogP contribution in [0.15, 0.2) is 9.21 Å². The fourth-order valence-electron chi connectivity index (χ4n) is 2.89. The second-order valence-electron chi connectivity index (χ2n) is 8.23. The summed E-state index contributed by atoms with van der Waals surface area (Å²) in [5, 5.41) is 0. The molecule has 0 radical (unpaired) electrons. The average molecular weight is 415 g/mol. The van der Waals surface area contributed by atoms with Crippen molar-refractivity contribution in [2.45, 2.75) is 71.4 Å². The Hall–Kier alpha value is -1.19. The van der Waals surface area contributed by atoms with Crippen LogP contribution in [0.3, 0.4) is 0 Å². The molecule has 0 aromatic carbocycles. The maximum absolute atomic E-state index is 12.3. The SMILES string of the molecule is COc1c(COC2CCCCO2)c(C)oc(=O)c1COCOCC[Si](C)(C)C. The van der Waals surface area contributed by atoms with Gasteiger partial charge in [0.05, 0.1) is 25.9 Å². The van der Waals surface area contributed by atoms with E-state index in [1.54, 1.807) is 6.92 Å². The first kappa shape index (κ1) is 23.1. The van der Waals surface area contributed by atoms with Gasteiger partial charge < -0.3 is 28.1 Å². The van der Waals surface area contributed by atoms with Crippen molar-refractivity contribution >= 4 is 8.07 Å². The van der Waals surface area contributed by atoms with Gasteiger partial charge in [-0.1, -0.05) is 19.6 Å². The van der Waals surface area contributed by atoms with Gasteiger partial charge >= 0.3 is 5.63 Å². The van der Waals surface area contributed by atoms with Gasteiger partial charge in [-0.25, -0.2) is 4.79 Å². The van der Waals surface area contributed by atoms with E-state index in [4.69, 9.17) is 28.1 Å². The molecule has 0 aliphatic carbocycles. The normalized spacial score (nSPS) is 17.7. The summed E-state index contributed by atoms with van der Waals surface area (Å²) in [6.07, 6.45) is 2.78. The molecule has 1 aromatic rings. The lowest BCUT2D eigenvalue weighted by molar-refractivity contribution is -0.169. The Kier molecular flexibility index (Phi) is 9.16. The van der Waals surface area contributed by atoms with E-state index >= 15 is 0 Å². The molecule has 0 N–H and O–H groups in total. The summed E-state index contributed by atoms with van der Waals surface area (Å²) in [5.41, 5.74) is 0.577. The van der Waals surface area contributed by atoms with Gasteiger partial charge in [0.15, 0.2) is 6.29 Å². The summed E-state index contributed by atoms with van der Waals surface area (Å²) >= 11 is 0. The van der Waals surface area contributed by atoms with Crippen molar-refractivity contribution in [3.8, 4) is 5.75 Å². The van der Waals surface area contributed by atoms with Gasteiger partial charge in [0.25, 0.3) is 0 Å². The first-order valence-corrected chi connectivity index (χ1v) is 13.6. The zero-order valence-electron chi connectivity index (χ0n) is 17.8. The Labute approximate surface area is 168 Å². The van der Waals surface area contributed by atoms with Crippen LogP contribution < -0.4 is 10.4 Å². The van der Waals surface area contributed by atoms with E-state index in [-0.39, 0.29) is 26.3 Å². The van der Waals surface area contributed by atoms with Crippen LogP contribution >= 0.6 is 0 Å². The van der Waals surface area contributed by atoms with Crippen LogP contribution in [0, 0.1) is 6.92 Å². The van der Waals surface area contributed by atoms with Crippen LogP contribution in [0.4, 0.5) is 0 Å². The highest BCUT2D eigenvalue weighted by molar-refractivity contribution is 6.76. The van der Waals surface area contributed by atoms with Crippen molar-refractivity contribution in [3.63, 3.8) is 0 Å². The van der Waals surface area contributed by atoms with Crippen molar-refractivity contribution in [2.75, 3.05) is 27.1 Å². The van der Waals surface area contributed by atoms with Gasteiger partial charge in [-0.3, -0.25) is 0 Å². The van der Waals surface area contributed by atoms with Gasteiger partial charge in [-0.05, 0) is 32.2 Å². The summed E-state index contributed by atoms with van der Waals surface area (Å²) in [6.45, 7) is 10.4. The van der Waals surface area contributed by atoms with Crippen LogP contribution in [0.1, 0.15) is 36.1 Å². The van der Waals surface area contributed by atoms with Crippen LogP contribution in [0.2, 0.25) is 25.7 Å². The molecule has 28 heavy (non-hydrogen) atoms. The number of aryl methyl sites for hydroxylation is 1. The van der Waals surface area contributed by atoms with Crippen molar-refractivity contribution in [2.24, 2.45) is 0 Å². The zero-order chi connectivity index (χ0) is 20.6. The summed E-state index contributed by atoms with van der Waals surface area (Å²) in [7, 11) is 0.398. The molecule has 1 saturated heterocycles. The van der Waals surface area contributed by atoms with Crippen molar-refractivity contribution in [1.82, 2.24) is 0 Å². The van der Waals surface area contributed by atoms with Crippen LogP contribution in [0.5, 0.6) is 5.75 Å². The molecule has 0 saturated carbocycles. The van der Waals surface area contributed by atoms with Crippen LogP contribution in [-0.2, 0) is 32.2 Å². The number of ether oxygens (including phenoxy) is 5. The molecule has 0 amide bonds. The van der Waals surface area contributed by atoms with Gasteiger partial charge in [-0.15, -0.1) is 0 Å². The van der Waals surface area contributed by atoms with E-state index in [0.29, 0.717) is 35.9 Å². The highest BCUT2D eigenvalue weighted by atomic mass is 28.3.